The van der Waals surface area contributed by atoms with Crippen molar-refractivity contribution in [1.82, 2.24) is 14.5 Å². The van der Waals surface area contributed by atoms with Crippen LogP contribution in [-0.4, -0.2) is 44.2 Å². The number of amides is 1. The zero-order chi connectivity index (χ0) is 20.4. The first kappa shape index (κ1) is 19.8. The highest BCUT2D eigenvalue weighted by Crippen LogP contribution is 2.26. The highest BCUT2D eigenvalue weighted by Gasteiger charge is 2.35. The number of piperidine rings is 1. The van der Waals surface area contributed by atoms with Gasteiger partial charge in [0.25, 0.3) is 5.56 Å². The van der Waals surface area contributed by atoms with Crippen LogP contribution in [0.25, 0.3) is 10.2 Å². The molecule has 152 valence electrons. The standard InChI is InChI=1S/C22H25N3O3S/c1-16(17-5-3-2-4-6-17)13-19(26)24-10-8-22(28,9-11-24)14-25-15-23-18-7-12-29-20(18)21(25)27/h2-7,12,15-16,28H,8-11,13-14H2,1H3/t16-/m1/s1. The van der Waals surface area contributed by atoms with Crippen LogP contribution in [-0.2, 0) is 11.3 Å². The first-order chi connectivity index (χ1) is 14.0. The fourth-order valence-electron chi connectivity index (χ4n) is 3.93. The fraction of sp³-hybridized carbons (Fsp3) is 0.409. The molecule has 0 radical (unpaired) electrons. The van der Waals surface area contributed by atoms with Crippen molar-refractivity contribution in [3.8, 4) is 0 Å². The largest absolute Gasteiger partial charge is 0.388 e. The molecule has 29 heavy (non-hydrogen) atoms. The van der Waals surface area contributed by atoms with Crippen LogP contribution in [0.4, 0.5) is 0 Å². The number of hydrogen-bond donors (Lipinski definition) is 1. The van der Waals surface area contributed by atoms with Gasteiger partial charge in [-0.05, 0) is 35.8 Å². The molecule has 0 bridgehead atoms. The molecule has 1 aliphatic rings. The molecule has 1 amide bonds. The van der Waals surface area contributed by atoms with Crippen LogP contribution in [0, 0.1) is 0 Å². The van der Waals surface area contributed by atoms with Gasteiger partial charge in [-0.2, -0.15) is 0 Å². The average molecular weight is 412 g/mol. The summed E-state index contributed by atoms with van der Waals surface area (Å²) in [5.74, 6) is 0.272. The van der Waals surface area contributed by atoms with Crippen molar-refractivity contribution >= 4 is 27.5 Å². The number of rotatable bonds is 5. The Morgan fingerprint density at radius 3 is 2.69 bits per heavy atom. The molecule has 7 heteroatoms. The van der Waals surface area contributed by atoms with E-state index in [9.17, 15) is 14.7 Å². The molecule has 6 nitrogen and oxygen atoms in total. The number of carbonyl (C=O) groups is 1. The van der Waals surface area contributed by atoms with Gasteiger partial charge >= 0.3 is 0 Å². The summed E-state index contributed by atoms with van der Waals surface area (Å²) in [6.07, 6.45) is 2.87. The lowest BCUT2D eigenvalue weighted by molar-refractivity contribution is -0.136. The Morgan fingerprint density at radius 2 is 1.97 bits per heavy atom. The molecule has 1 atom stereocenters. The summed E-state index contributed by atoms with van der Waals surface area (Å²) in [7, 11) is 0. The first-order valence-electron chi connectivity index (χ1n) is 9.93. The molecule has 1 saturated heterocycles. The lowest BCUT2D eigenvalue weighted by Gasteiger charge is -2.38. The summed E-state index contributed by atoms with van der Waals surface area (Å²) in [6.45, 7) is 3.27. The molecule has 1 aromatic carbocycles. The number of aromatic nitrogens is 2. The van der Waals surface area contributed by atoms with Crippen LogP contribution in [0.5, 0.6) is 0 Å². The normalized spacial score (nSPS) is 17.4. The molecule has 0 unspecified atom stereocenters. The van der Waals surface area contributed by atoms with Crippen molar-refractivity contribution in [3.05, 3.63) is 64.0 Å². The molecular weight excluding hydrogens is 386 g/mol. The number of fused-ring (bicyclic) bond motifs is 1. The van der Waals surface area contributed by atoms with E-state index >= 15 is 0 Å². The third-order valence-electron chi connectivity index (χ3n) is 5.80. The highest BCUT2D eigenvalue weighted by atomic mass is 32.1. The number of hydrogen-bond acceptors (Lipinski definition) is 5. The summed E-state index contributed by atoms with van der Waals surface area (Å²) in [6, 6.07) is 11.9. The molecule has 3 heterocycles. The van der Waals surface area contributed by atoms with E-state index in [1.165, 1.54) is 22.2 Å². The molecule has 1 fully saturated rings. The van der Waals surface area contributed by atoms with Gasteiger partial charge in [-0.25, -0.2) is 4.98 Å². The minimum atomic E-state index is -1.00. The van der Waals surface area contributed by atoms with E-state index in [1.807, 2.05) is 46.7 Å². The average Bonchev–Trinajstić information content (AvgIpc) is 3.21. The second-order valence-corrected chi connectivity index (χ2v) is 8.85. The Bertz CT molecular complexity index is 1050. The van der Waals surface area contributed by atoms with Crippen molar-refractivity contribution in [3.63, 3.8) is 0 Å². The number of nitrogens with zero attached hydrogens (tertiary/aromatic N) is 3. The highest BCUT2D eigenvalue weighted by molar-refractivity contribution is 7.17. The van der Waals surface area contributed by atoms with Crippen LogP contribution in [0.1, 0.15) is 37.7 Å². The summed E-state index contributed by atoms with van der Waals surface area (Å²) in [5, 5.41) is 12.9. The Balaban J connectivity index is 1.37. The Morgan fingerprint density at radius 1 is 1.24 bits per heavy atom. The molecule has 0 aliphatic carbocycles. The van der Waals surface area contributed by atoms with E-state index in [1.54, 1.807) is 0 Å². The third-order valence-corrected chi connectivity index (χ3v) is 6.69. The Kier molecular flexibility index (Phi) is 5.52. The minimum absolute atomic E-state index is 0.113. The lowest BCUT2D eigenvalue weighted by Crippen LogP contribution is -2.49. The SMILES string of the molecule is C[C@H](CC(=O)N1CCC(O)(Cn2cnc3ccsc3c2=O)CC1)c1ccccc1. The number of thiophene rings is 1. The van der Waals surface area contributed by atoms with Crippen LogP contribution < -0.4 is 5.56 Å². The van der Waals surface area contributed by atoms with Gasteiger partial charge < -0.3 is 10.0 Å². The number of carbonyl (C=O) groups excluding carboxylic acids is 1. The van der Waals surface area contributed by atoms with Crippen molar-refractivity contribution in [2.75, 3.05) is 13.1 Å². The predicted molar refractivity (Wildman–Crippen MR) is 114 cm³/mol. The van der Waals surface area contributed by atoms with Gasteiger partial charge in [0.2, 0.25) is 5.91 Å². The number of likely N-dealkylation sites (tertiary alicyclic amines) is 1. The molecule has 1 aliphatic heterocycles. The number of aliphatic hydroxyl groups is 1. The number of benzene rings is 1. The van der Waals surface area contributed by atoms with Crippen molar-refractivity contribution in [1.29, 1.82) is 0 Å². The van der Waals surface area contributed by atoms with Crippen molar-refractivity contribution < 1.29 is 9.90 Å². The van der Waals surface area contributed by atoms with E-state index in [2.05, 4.69) is 11.9 Å². The minimum Gasteiger partial charge on any atom is -0.388 e. The van der Waals surface area contributed by atoms with E-state index in [-0.39, 0.29) is 23.9 Å². The van der Waals surface area contributed by atoms with Gasteiger partial charge in [0, 0.05) is 19.5 Å². The van der Waals surface area contributed by atoms with Gasteiger partial charge in [0.15, 0.2) is 0 Å². The maximum Gasteiger partial charge on any atom is 0.271 e. The smallest absolute Gasteiger partial charge is 0.271 e. The van der Waals surface area contributed by atoms with E-state index < -0.39 is 5.60 Å². The second kappa shape index (κ2) is 8.08. The van der Waals surface area contributed by atoms with E-state index in [0.29, 0.717) is 42.6 Å². The van der Waals surface area contributed by atoms with Crippen molar-refractivity contribution in [2.45, 2.75) is 44.2 Å². The molecule has 1 N–H and O–H groups in total. The fourth-order valence-corrected chi connectivity index (χ4v) is 4.72. The van der Waals surface area contributed by atoms with Gasteiger partial charge in [-0.1, -0.05) is 37.3 Å². The maximum atomic E-state index is 12.7. The molecule has 0 saturated carbocycles. The van der Waals surface area contributed by atoms with Crippen molar-refractivity contribution in [2.24, 2.45) is 0 Å². The van der Waals surface area contributed by atoms with E-state index in [4.69, 9.17) is 0 Å². The maximum absolute atomic E-state index is 12.7. The summed E-state index contributed by atoms with van der Waals surface area (Å²) >= 11 is 1.37. The molecular formula is C22H25N3O3S. The third kappa shape index (κ3) is 4.26. The van der Waals surface area contributed by atoms with Gasteiger partial charge in [0.05, 0.1) is 24.0 Å². The van der Waals surface area contributed by atoms with Gasteiger partial charge in [-0.3, -0.25) is 14.2 Å². The molecule has 2 aromatic heterocycles. The van der Waals surface area contributed by atoms with Gasteiger partial charge in [0.1, 0.15) is 4.70 Å². The summed E-state index contributed by atoms with van der Waals surface area (Å²) in [4.78, 5) is 31.4. The molecule has 3 aromatic rings. The van der Waals surface area contributed by atoms with Crippen LogP contribution in [0.15, 0.2) is 52.9 Å². The van der Waals surface area contributed by atoms with E-state index in [0.717, 1.165) is 5.56 Å². The van der Waals surface area contributed by atoms with Gasteiger partial charge in [-0.15, -0.1) is 11.3 Å². The van der Waals surface area contributed by atoms with Crippen LogP contribution in [0.3, 0.4) is 0 Å². The van der Waals surface area contributed by atoms with Crippen LogP contribution in [0.2, 0.25) is 0 Å². The summed E-state index contributed by atoms with van der Waals surface area (Å²) < 4.78 is 2.10. The Hall–Kier alpha value is -2.51. The second-order valence-electron chi connectivity index (χ2n) is 7.93. The Labute approximate surface area is 173 Å². The quantitative estimate of drug-likeness (QED) is 0.700. The first-order valence-corrected chi connectivity index (χ1v) is 10.8. The zero-order valence-corrected chi connectivity index (χ0v) is 17.3. The van der Waals surface area contributed by atoms with Crippen LogP contribution >= 0.6 is 11.3 Å². The predicted octanol–water partition coefficient (Wildman–Crippen LogP) is 3.01. The molecule has 4 rings (SSSR count). The monoisotopic (exact) mass is 411 g/mol. The topological polar surface area (TPSA) is 75.4 Å². The zero-order valence-electron chi connectivity index (χ0n) is 16.5. The summed E-state index contributed by atoms with van der Waals surface area (Å²) in [5.41, 5.74) is 0.730. The lowest BCUT2D eigenvalue weighted by atomic mass is 9.90. The molecule has 0 spiro atoms.